The van der Waals surface area contributed by atoms with Gasteiger partial charge in [-0.05, 0) is 61.7 Å². The molecule has 4 rings (SSSR count). The van der Waals surface area contributed by atoms with Gasteiger partial charge in [-0.15, -0.1) is 0 Å². The molecule has 0 radical (unpaired) electrons. The molecule has 31 heavy (non-hydrogen) atoms. The second-order valence-electron chi connectivity index (χ2n) is 7.90. The van der Waals surface area contributed by atoms with Crippen LogP contribution in [0, 0.1) is 5.82 Å². The first kappa shape index (κ1) is 20.8. The van der Waals surface area contributed by atoms with Gasteiger partial charge in [0, 0.05) is 49.0 Å². The van der Waals surface area contributed by atoms with Crippen LogP contribution in [0.25, 0.3) is 0 Å². The maximum atomic E-state index is 13.1. The summed E-state index contributed by atoms with van der Waals surface area (Å²) in [6.07, 6.45) is 2.67. The lowest BCUT2D eigenvalue weighted by molar-refractivity contribution is 0.0762. The van der Waals surface area contributed by atoms with Crippen LogP contribution in [0.1, 0.15) is 40.0 Å². The molecule has 2 aromatic carbocycles. The molecule has 0 aromatic heterocycles. The summed E-state index contributed by atoms with van der Waals surface area (Å²) in [5.74, 6) is -0.690. The predicted molar refractivity (Wildman–Crippen MR) is 114 cm³/mol. The van der Waals surface area contributed by atoms with Crippen LogP contribution in [-0.4, -0.2) is 59.9 Å². The minimum atomic E-state index is -0.385. The summed E-state index contributed by atoms with van der Waals surface area (Å²) in [5.41, 5.74) is 1.49. The van der Waals surface area contributed by atoms with Gasteiger partial charge in [-0.2, -0.15) is 0 Å². The van der Waals surface area contributed by atoms with Crippen LogP contribution in [0.5, 0.6) is 0 Å². The van der Waals surface area contributed by atoms with E-state index in [1.807, 2.05) is 0 Å². The van der Waals surface area contributed by atoms with E-state index in [0.717, 1.165) is 12.8 Å². The molecule has 1 aliphatic heterocycles. The molecule has 2 aromatic rings. The fraction of sp³-hybridized carbons (Fsp3) is 0.348. The number of benzene rings is 2. The number of carbonyl (C=O) groups is 3. The van der Waals surface area contributed by atoms with Crippen LogP contribution in [0.15, 0.2) is 48.5 Å². The standard InChI is InChI=1S/C23H25FN4O3/c24-18-7-5-16(6-8-18)22(30)27-11-2-12-28(14-13-27)23(31)26-20-4-1-3-17(15-20)21(29)25-19-9-10-19/h1,3-8,15,19H,2,9-14H2,(H,25,29)(H,26,31). The molecule has 1 heterocycles. The number of hydrogen-bond donors (Lipinski definition) is 2. The first-order valence-electron chi connectivity index (χ1n) is 10.5. The molecule has 0 bridgehead atoms. The molecule has 0 spiro atoms. The molecule has 0 atom stereocenters. The Hall–Kier alpha value is -3.42. The molecule has 0 unspecified atom stereocenters. The van der Waals surface area contributed by atoms with Gasteiger partial charge in [0.15, 0.2) is 0 Å². The van der Waals surface area contributed by atoms with E-state index in [0.29, 0.717) is 49.4 Å². The molecule has 2 fully saturated rings. The van der Waals surface area contributed by atoms with Gasteiger partial charge in [0.1, 0.15) is 5.82 Å². The lowest BCUT2D eigenvalue weighted by atomic mass is 10.2. The van der Waals surface area contributed by atoms with Gasteiger partial charge >= 0.3 is 6.03 Å². The Morgan fingerprint density at radius 1 is 0.871 bits per heavy atom. The summed E-state index contributed by atoms with van der Waals surface area (Å²) >= 11 is 0. The zero-order chi connectivity index (χ0) is 21.8. The van der Waals surface area contributed by atoms with E-state index in [4.69, 9.17) is 0 Å². The Kier molecular flexibility index (Phi) is 6.16. The van der Waals surface area contributed by atoms with Crippen molar-refractivity contribution in [1.29, 1.82) is 0 Å². The number of halogens is 1. The highest BCUT2D eigenvalue weighted by molar-refractivity contribution is 5.97. The summed E-state index contributed by atoms with van der Waals surface area (Å²) in [4.78, 5) is 41.0. The highest BCUT2D eigenvalue weighted by Crippen LogP contribution is 2.20. The van der Waals surface area contributed by atoms with E-state index in [1.54, 1.807) is 34.1 Å². The van der Waals surface area contributed by atoms with E-state index in [2.05, 4.69) is 10.6 Å². The van der Waals surface area contributed by atoms with Crippen molar-refractivity contribution in [2.45, 2.75) is 25.3 Å². The fourth-order valence-corrected chi connectivity index (χ4v) is 3.54. The highest BCUT2D eigenvalue weighted by Gasteiger charge is 2.25. The van der Waals surface area contributed by atoms with Crippen molar-refractivity contribution in [1.82, 2.24) is 15.1 Å². The summed E-state index contributed by atoms with van der Waals surface area (Å²) in [6.45, 7) is 1.83. The second kappa shape index (κ2) is 9.16. The van der Waals surface area contributed by atoms with Crippen molar-refractivity contribution >= 4 is 23.5 Å². The van der Waals surface area contributed by atoms with Crippen molar-refractivity contribution < 1.29 is 18.8 Å². The van der Waals surface area contributed by atoms with Gasteiger partial charge in [-0.25, -0.2) is 9.18 Å². The summed E-state index contributed by atoms with van der Waals surface area (Å²) in [7, 11) is 0. The molecule has 8 heteroatoms. The van der Waals surface area contributed by atoms with E-state index < -0.39 is 0 Å². The van der Waals surface area contributed by atoms with Crippen LogP contribution in [0.2, 0.25) is 0 Å². The number of hydrogen-bond acceptors (Lipinski definition) is 3. The fourth-order valence-electron chi connectivity index (χ4n) is 3.54. The zero-order valence-corrected chi connectivity index (χ0v) is 17.1. The molecule has 7 nitrogen and oxygen atoms in total. The van der Waals surface area contributed by atoms with Crippen LogP contribution in [0.4, 0.5) is 14.9 Å². The van der Waals surface area contributed by atoms with Crippen LogP contribution < -0.4 is 10.6 Å². The molecule has 1 aliphatic carbocycles. The topological polar surface area (TPSA) is 81.8 Å². The monoisotopic (exact) mass is 424 g/mol. The van der Waals surface area contributed by atoms with Gasteiger partial charge in [0.05, 0.1) is 0 Å². The van der Waals surface area contributed by atoms with Gasteiger partial charge in [-0.1, -0.05) is 6.07 Å². The summed E-state index contributed by atoms with van der Waals surface area (Å²) < 4.78 is 13.1. The van der Waals surface area contributed by atoms with Crippen LogP contribution in [0.3, 0.4) is 0 Å². The second-order valence-corrected chi connectivity index (χ2v) is 7.90. The van der Waals surface area contributed by atoms with Crippen molar-refractivity contribution in [2.75, 3.05) is 31.5 Å². The lowest BCUT2D eigenvalue weighted by Gasteiger charge is -2.22. The number of carbonyl (C=O) groups excluding carboxylic acids is 3. The van der Waals surface area contributed by atoms with Gasteiger partial charge in [0.2, 0.25) is 0 Å². The molecule has 2 N–H and O–H groups in total. The van der Waals surface area contributed by atoms with Crippen molar-refractivity contribution in [2.24, 2.45) is 0 Å². The normalized spacial score (nSPS) is 16.4. The largest absolute Gasteiger partial charge is 0.349 e. The molecule has 162 valence electrons. The Bertz CT molecular complexity index is 975. The first-order chi connectivity index (χ1) is 15.0. The number of nitrogens with zero attached hydrogens (tertiary/aromatic N) is 2. The lowest BCUT2D eigenvalue weighted by Crippen LogP contribution is -2.39. The van der Waals surface area contributed by atoms with Gasteiger partial charge in [-0.3, -0.25) is 9.59 Å². The van der Waals surface area contributed by atoms with Crippen molar-refractivity contribution in [3.05, 3.63) is 65.5 Å². The highest BCUT2D eigenvalue weighted by atomic mass is 19.1. The quantitative estimate of drug-likeness (QED) is 0.791. The molecular formula is C23H25FN4O3. The third-order valence-electron chi connectivity index (χ3n) is 5.45. The van der Waals surface area contributed by atoms with Crippen LogP contribution in [-0.2, 0) is 0 Å². The minimum absolute atomic E-state index is 0.136. The Labute approximate surface area is 180 Å². The van der Waals surface area contributed by atoms with E-state index in [-0.39, 0.29) is 29.7 Å². The Morgan fingerprint density at radius 3 is 2.32 bits per heavy atom. The number of nitrogens with one attached hydrogen (secondary N) is 2. The number of amides is 4. The molecule has 1 saturated carbocycles. The molecule has 4 amide bonds. The SMILES string of the molecule is O=C(NC1CC1)c1cccc(NC(=O)N2CCCN(C(=O)c3ccc(F)cc3)CC2)c1. The average molecular weight is 424 g/mol. The average Bonchev–Trinajstić information content (AvgIpc) is 3.60. The number of anilines is 1. The van der Waals surface area contributed by atoms with Crippen molar-refractivity contribution in [3.63, 3.8) is 0 Å². The Balaban J connectivity index is 1.34. The smallest absolute Gasteiger partial charge is 0.321 e. The summed E-state index contributed by atoms with van der Waals surface area (Å²) in [5, 5.41) is 5.78. The zero-order valence-electron chi connectivity index (χ0n) is 17.1. The maximum Gasteiger partial charge on any atom is 0.321 e. The van der Waals surface area contributed by atoms with E-state index in [1.165, 1.54) is 24.3 Å². The maximum absolute atomic E-state index is 13.1. The van der Waals surface area contributed by atoms with Gasteiger partial charge < -0.3 is 20.4 Å². The predicted octanol–water partition coefficient (Wildman–Crippen LogP) is 3.10. The van der Waals surface area contributed by atoms with E-state index >= 15 is 0 Å². The van der Waals surface area contributed by atoms with Crippen LogP contribution >= 0.6 is 0 Å². The third kappa shape index (κ3) is 5.39. The molecule has 1 saturated heterocycles. The van der Waals surface area contributed by atoms with Gasteiger partial charge in [0.25, 0.3) is 11.8 Å². The van der Waals surface area contributed by atoms with Crippen molar-refractivity contribution in [3.8, 4) is 0 Å². The first-order valence-corrected chi connectivity index (χ1v) is 10.5. The number of urea groups is 1. The summed E-state index contributed by atoms with van der Waals surface area (Å²) in [6, 6.07) is 12.3. The Morgan fingerprint density at radius 2 is 1.58 bits per heavy atom. The minimum Gasteiger partial charge on any atom is -0.349 e. The third-order valence-corrected chi connectivity index (χ3v) is 5.45. The molecule has 2 aliphatic rings. The number of rotatable bonds is 4. The van der Waals surface area contributed by atoms with E-state index in [9.17, 15) is 18.8 Å². The molecular weight excluding hydrogens is 399 g/mol.